The Morgan fingerprint density at radius 1 is 1.33 bits per heavy atom. The van der Waals surface area contributed by atoms with Gasteiger partial charge in [0.25, 0.3) is 11.6 Å². The third kappa shape index (κ3) is 5.75. The van der Waals surface area contributed by atoms with E-state index in [0.29, 0.717) is 19.0 Å². The first-order valence-electron chi connectivity index (χ1n) is 8.63. The quantitative estimate of drug-likeness (QED) is 0.571. The molecule has 1 atom stereocenters. The van der Waals surface area contributed by atoms with Gasteiger partial charge >= 0.3 is 0 Å². The van der Waals surface area contributed by atoms with Crippen LogP contribution >= 0.6 is 0 Å². The van der Waals surface area contributed by atoms with Crippen molar-refractivity contribution in [3.05, 3.63) is 33.9 Å². The maximum absolute atomic E-state index is 12.3. The van der Waals surface area contributed by atoms with Gasteiger partial charge in [0, 0.05) is 50.0 Å². The Balaban J connectivity index is 2.02. The molecule has 2 amide bonds. The maximum atomic E-state index is 12.3. The number of hydrogen-bond donors (Lipinski definition) is 1. The Morgan fingerprint density at radius 2 is 2.04 bits per heavy atom. The summed E-state index contributed by atoms with van der Waals surface area (Å²) in [6.45, 7) is 3.57. The number of amides is 2. The Bertz CT molecular complexity index is 852. The molecule has 0 aliphatic carbocycles. The van der Waals surface area contributed by atoms with E-state index in [1.165, 1.54) is 0 Å². The zero-order valence-electron chi connectivity index (χ0n) is 15.3. The SMILES string of the molecule is CC1CCCN(C(=O)CCNC(=O)c2cc([N+](=O)[O-])cc(S(C)(=O)=O)c2)C1. The van der Waals surface area contributed by atoms with Crippen LogP contribution in [0.3, 0.4) is 0 Å². The summed E-state index contributed by atoms with van der Waals surface area (Å²) in [4.78, 5) is 36.2. The summed E-state index contributed by atoms with van der Waals surface area (Å²) in [5.74, 6) is -0.266. The van der Waals surface area contributed by atoms with Crippen molar-refractivity contribution in [2.45, 2.75) is 31.1 Å². The van der Waals surface area contributed by atoms with Crippen LogP contribution in [0.1, 0.15) is 36.5 Å². The van der Waals surface area contributed by atoms with Crippen LogP contribution in [0.2, 0.25) is 0 Å². The highest BCUT2D eigenvalue weighted by atomic mass is 32.2. The van der Waals surface area contributed by atoms with Gasteiger partial charge in [-0.05, 0) is 24.8 Å². The van der Waals surface area contributed by atoms with Crippen molar-refractivity contribution < 1.29 is 22.9 Å². The molecule has 1 heterocycles. The van der Waals surface area contributed by atoms with E-state index in [0.717, 1.165) is 37.3 Å². The molecular weight excluding hydrogens is 374 g/mol. The lowest BCUT2D eigenvalue weighted by Gasteiger charge is -2.31. The molecule has 0 spiro atoms. The van der Waals surface area contributed by atoms with Crippen molar-refractivity contribution in [1.82, 2.24) is 10.2 Å². The fourth-order valence-electron chi connectivity index (χ4n) is 2.99. The average molecular weight is 397 g/mol. The van der Waals surface area contributed by atoms with Crippen LogP contribution in [0.4, 0.5) is 5.69 Å². The molecular formula is C17H23N3O6S. The van der Waals surface area contributed by atoms with E-state index >= 15 is 0 Å². The molecule has 1 aliphatic heterocycles. The van der Waals surface area contributed by atoms with Gasteiger partial charge in [0.2, 0.25) is 5.91 Å². The van der Waals surface area contributed by atoms with E-state index in [9.17, 15) is 28.1 Å². The molecule has 0 aromatic heterocycles. The van der Waals surface area contributed by atoms with Crippen molar-refractivity contribution in [1.29, 1.82) is 0 Å². The largest absolute Gasteiger partial charge is 0.352 e. The predicted molar refractivity (Wildman–Crippen MR) is 98.1 cm³/mol. The zero-order chi connectivity index (χ0) is 20.2. The highest BCUT2D eigenvalue weighted by Gasteiger charge is 2.22. The van der Waals surface area contributed by atoms with E-state index in [-0.39, 0.29) is 29.3 Å². The minimum atomic E-state index is -3.71. The number of benzene rings is 1. The summed E-state index contributed by atoms with van der Waals surface area (Å²) in [6.07, 6.45) is 3.08. The van der Waals surface area contributed by atoms with Gasteiger partial charge in [0.05, 0.1) is 9.82 Å². The Kier molecular flexibility index (Phi) is 6.53. The Labute approximate surface area is 157 Å². The number of piperidine rings is 1. The molecule has 1 saturated heterocycles. The highest BCUT2D eigenvalue weighted by molar-refractivity contribution is 7.90. The predicted octanol–water partition coefficient (Wildman–Crippen LogP) is 1.38. The maximum Gasteiger partial charge on any atom is 0.271 e. The van der Waals surface area contributed by atoms with E-state index in [1.807, 2.05) is 0 Å². The van der Waals surface area contributed by atoms with E-state index in [4.69, 9.17) is 0 Å². The number of non-ortho nitro benzene ring substituents is 1. The van der Waals surface area contributed by atoms with E-state index in [2.05, 4.69) is 12.2 Å². The van der Waals surface area contributed by atoms with Crippen molar-refractivity contribution in [3.8, 4) is 0 Å². The molecule has 1 aliphatic rings. The minimum Gasteiger partial charge on any atom is -0.352 e. The van der Waals surface area contributed by atoms with Crippen LogP contribution < -0.4 is 5.32 Å². The molecule has 1 aromatic carbocycles. The second-order valence-corrected chi connectivity index (χ2v) is 8.85. The number of nitrogens with zero attached hydrogens (tertiary/aromatic N) is 2. The lowest BCUT2D eigenvalue weighted by Crippen LogP contribution is -2.40. The number of carbonyl (C=O) groups is 2. The summed E-state index contributed by atoms with van der Waals surface area (Å²) in [6, 6.07) is 3.01. The number of nitro groups is 1. The van der Waals surface area contributed by atoms with Gasteiger partial charge in [-0.3, -0.25) is 19.7 Å². The molecule has 0 saturated carbocycles. The number of likely N-dealkylation sites (tertiary alicyclic amines) is 1. The van der Waals surface area contributed by atoms with Gasteiger partial charge in [-0.2, -0.15) is 0 Å². The summed E-state index contributed by atoms with van der Waals surface area (Å²) in [7, 11) is -3.71. The second-order valence-electron chi connectivity index (χ2n) is 6.84. The molecule has 0 radical (unpaired) electrons. The van der Waals surface area contributed by atoms with Crippen molar-refractivity contribution in [2.75, 3.05) is 25.9 Å². The number of nitro benzene ring substituents is 1. The molecule has 0 bridgehead atoms. The standard InChI is InChI=1S/C17H23N3O6S/c1-12-4-3-7-19(11-12)16(21)5-6-18-17(22)13-8-14(20(23)24)10-15(9-13)27(2,25)26/h8-10,12H,3-7,11H2,1-2H3,(H,18,22). The number of sulfone groups is 1. The normalized spacial score (nSPS) is 17.4. The van der Waals surface area contributed by atoms with Crippen molar-refractivity contribution in [3.63, 3.8) is 0 Å². The zero-order valence-corrected chi connectivity index (χ0v) is 16.1. The first-order chi connectivity index (χ1) is 12.6. The van der Waals surface area contributed by atoms with E-state index in [1.54, 1.807) is 4.90 Å². The third-order valence-corrected chi connectivity index (χ3v) is 5.52. The molecule has 2 rings (SSSR count). The molecule has 1 unspecified atom stereocenters. The average Bonchev–Trinajstić information content (AvgIpc) is 2.60. The number of hydrogen-bond acceptors (Lipinski definition) is 6. The van der Waals surface area contributed by atoms with Crippen LogP contribution in [0.15, 0.2) is 23.1 Å². The molecule has 1 aromatic rings. The number of carbonyl (C=O) groups excluding carboxylic acids is 2. The summed E-state index contributed by atoms with van der Waals surface area (Å²) in [5.41, 5.74) is -0.620. The van der Waals surface area contributed by atoms with Crippen LogP contribution in [0, 0.1) is 16.0 Å². The molecule has 1 fully saturated rings. The van der Waals surface area contributed by atoms with Gasteiger partial charge in [0.15, 0.2) is 9.84 Å². The van der Waals surface area contributed by atoms with Gasteiger partial charge in [-0.1, -0.05) is 6.92 Å². The van der Waals surface area contributed by atoms with Crippen LogP contribution in [0.5, 0.6) is 0 Å². The van der Waals surface area contributed by atoms with Crippen LogP contribution in [-0.4, -0.2) is 55.9 Å². The molecule has 148 valence electrons. The highest BCUT2D eigenvalue weighted by Crippen LogP contribution is 2.21. The van der Waals surface area contributed by atoms with Gasteiger partial charge in [-0.15, -0.1) is 0 Å². The van der Waals surface area contributed by atoms with Crippen LogP contribution in [0.25, 0.3) is 0 Å². The minimum absolute atomic E-state index is 0.0577. The van der Waals surface area contributed by atoms with Gasteiger partial charge in [-0.25, -0.2) is 8.42 Å². The van der Waals surface area contributed by atoms with Crippen molar-refractivity contribution in [2.24, 2.45) is 5.92 Å². The topological polar surface area (TPSA) is 127 Å². The smallest absolute Gasteiger partial charge is 0.271 e. The summed E-state index contributed by atoms with van der Waals surface area (Å²) < 4.78 is 23.4. The monoisotopic (exact) mass is 397 g/mol. The molecule has 10 heteroatoms. The Morgan fingerprint density at radius 3 is 2.63 bits per heavy atom. The number of nitrogens with one attached hydrogen (secondary N) is 1. The first kappa shape index (κ1) is 20.8. The molecule has 9 nitrogen and oxygen atoms in total. The lowest BCUT2D eigenvalue weighted by molar-refractivity contribution is -0.385. The third-order valence-electron chi connectivity index (χ3n) is 4.43. The number of rotatable bonds is 6. The lowest BCUT2D eigenvalue weighted by atomic mass is 10.00. The summed E-state index contributed by atoms with van der Waals surface area (Å²) in [5, 5.41) is 13.5. The molecule has 27 heavy (non-hydrogen) atoms. The van der Waals surface area contributed by atoms with E-state index < -0.39 is 26.4 Å². The first-order valence-corrected chi connectivity index (χ1v) is 10.5. The summed E-state index contributed by atoms with van der Waals surface area (Å²) >= 11 is 0. The van der Waals surface area contributed by atoms with Gasteiger partial charge < -0.3 is 10.2 Å². The second kappa shape index (κ2) is 8.47. The van der Waals surface area contributed by atoms with Gasteiger partial charge in [0.1, 0.15) is 0 Å². The Hall–Kier alpha value is -2.49. The van der Waals surface area contributed by atoms with Crippen molar-refractivity contribution >= 4 is 27.3 Å². The molecule has 1 N–H and O–H groups in total. The van der Waals surface area contributed by atoms with Crippen LogP contribution in [-0.2, 0) is 14.6 Å². The fraction of sp³-hybridized carbons (Fsp3) is 0.529. The fourth-order valence-corrected chi connectivity index (χ4v) is 3.67.